The summed E-state index contributed by atoms with van der Waals surface area (Å²) in [5.41, 5.74) is 0.377. The minimum atomic E-state index is -0.325. The van der Waals surface area contributed by atoms with E-state index in [0.29, 0.717) is 11.5 Å². The topological polar surface area (TPSA) is 83.7 Å². The van der Waals surface area contributed by atoms with Gasteiger partial charge in [-0.2, -0.15) is 5.26 Å². The first-order valence-corrected chi connectivity index (χ1v) is 8.69. The zero-order valence-electron chi connectivity index (χ0n) is 14.1. The van der Waals surface area contributed by atoms with E-state index in [1.165, 1.54) is 0 Å². The predicted octanol–water partition coefficient (Wildman–Crippen LogP) is 4.49. The number of ether oxygens (including phenoxy) is 1. The molecule has 1 unspecified atom stereocenters. The Bertz CT molecular complexity index is 995. The average molecular weight is 366 g/mol. The fourth-order valence-electron chi connectivity index (χ4n) is 2.90. The molecule has 6 nitrogen and oxygen atoms in total. The Morgan fingerprint density at radius 3 is 2.69 bits per heavy atom. The van der Waals surface area contributed by atoms with Gasteiger partial charge < -0.3 is 10.1 Å². The van der Waals surface area contributed by atoms with Crippen molar-refractivity contribution < 1.29 is 4.74 Å². The van der Waals surface area contributed by atoms with E-state index < -0.39 is 0 Å². The van der Waals surface area contributed by atoms with Crippen LogP contribution in [0.3, 0.4) is 0 Å². The first kappa shape index (κ1) is 16.6. The maximum Gasteiger partial charge on any atom is 0.222 e. The number of rotatable bonds is 5. The summed E-state index contributed by atoms with van der Waals surface area (Å²) < 4.78 is 6.01. The third-order valence-electron chi connectivity index (χ3n) is 4.72. The van der Waals surface area contributed by atoms with Crippen LogP contribution in [0.1, 0.15) is 19.8 Å². The highest BCUT2D eigenvalue weighted by Crippen LogP contribution is 2.49. The summed E-state index contributed by atoms with van der Waals surface area (Å²) in [6.45, 7) is 1.96. The summed E-state index contributed by atoms with van der Waals surface area (Å²) in [6, 6.07) is 10.1. The number of benzene rings is 1. The van der Waals surface area contributed by atoms with Crippen molar-refractivity contribution in [3.63, 3.8) is 0 Å². The van der Waals surface area contributed by atoms with E-state index in [1.807, 2.05) is 31.2 Å². The Labute approximate surface area is 155 Å². The highest BCUT2D eigenvalue weighted by molar-refractivity contribution is 6.28. The maximum atomic E-state index is 9.31. The van der Waals surface area contributed by atoms with Gasteiger partial charge in [0.25, 0.3) is 0 Å². The van der Waals surface area contributed by atoms with Gasteiger partial charge in [-0.3, -0.25) is 0 Å². The quantitative estimate of drug-likeness (QED) is 0.670. The number of nitriles is 1. The van der Waals surface area contributed by atoms with Gasteiger partial charge in [0.05, 0.1) is 29.6 Å². The zero-order chi connectivity index (χ0) is 18.1. The minimum absolute atomic E-state index is 0.129. The summed E-state index contributed by atoms with van der Waals surface area (Å²) >= 11 is 5.72. The van der Waals surface area contributed by atoms with E-state index in [-0.39, 0.29) is 16.8 Å². The molecule has 1 aromatic carbocycles. The fourth-order valence-corrected chi connectivity index (χ4v) is 3.00. The van der Waals surface area contributed by atoms with Gasteiger partial charge in [0, 0.05) is 11.6 Å². The molecule has 0 aliphatic heterocycles. The molecule has 1 N–H and O–H groups in total. The second-order valence-electron chi connectivity index (χ2n) is 6.44. The van der Waals surface area contributed by atoms with Gasteiger partial charge in [-0.1, -0.05) is 0 Å². The second-order valence-corrected chi connectivity index (χ2v) is 6.77. The van der Waals surface area contributed by atoms with Crippen molar-refractivity contribution in [3.8, 4) is 11.8 Å². The standard InChI is InChI=1S/C19H16ClN5O/c1-12(19(11-21)5-6-19)26-15-2-3-16-13(8-15)4-7-22-17(16)25-14-9-23-18(20)24-10-14/h2-4,7-10,12H,5-6H2,1H3,(H,22,25). The first-order valence-electron chi connectivity index (χ1n) is 8.31. The lowest BCUT2D eigenvalue weighted by atomic mass is 10.0. The molecule has 130 valence electrons. The van der Waals surface area contributed by atoms with Gasteiger partial charge in [-0.25, -0.2) is 15.0 Å². The Balaban J connectivity index is 1.59. The van der Waals surface area contributed by atoms with Crippen LogP contribution in [-0.4, -0.2) is 21.1 Å². The largest absolute Gasteiger partial charge is 0.489 e. The van der Waals surface area contributed by atoms with Crippen LogP contribution in [0.15, 0.2) is 42.9 Å². The van der Waals surface area contributed by atoms with E-state index in [0.717, 1.165) is 29.4 Å². The van der Waals surface area contributed by atoms with Crippen LogP contribution >= 0.6 is 11.6 Å². The number of hydrogen-bond acceptors (Lipinski definition) is 6. The Hall–Kier alpha value is -2.91. The number of hydrogen-bond donors (Lipinski definition) is 1. The van der Waals surface area contributed by atoms with Gasteiger partial charge in [0.15, 0.2) is 0 Å². The van der Waals surface area contributed by atoms with Crippen LogP contribution in [-0.2, 0) is 0 Å². The van der Waals surface area contributed by atoms with Crippen LogP contribution in [0, 0.1) is 16.7 Å². The predicted molar refractivity (Wildman–Crippen MR) is 99.4 cm³/mol. The molecule has 0 spiro atoms. The fraction of sp³-hybridized carbons (Fsp3) is 0.263. The third kappa shape index (κ3) is 3.14. The number of fused-ring (bicyclic) bond motifs is 1. The maximum absolute atomic E-state index is 9.31. The smallest absolute Gasteiger partial charge is 0.222 e. The van der Waals surface area contributed by atoms with Crippen LogP contribution in [0.2, 0.25) is 5.28 Å². The lowest BCUT2D eigenvalue weighted by molar-refractivity contribution is 0.167. The molecule has 3 aromatic rings. The summed E-state index contributed by atoms with van der Waals surface area (Å²) in [5.74, 6) is 1.45. The monoisotopic (exact) mass is 365 g/mol. The lowest BCUT2D eigenvalue weighted by Gasteiger charge is -2.19. The summed E-state index contributed by atoms with van der Waals surface area (Å²) in [4.78, 5) is 12.3. The molecule has 1 aliphatic rings. The highest BCUT2D eigenvalue weighted by atomic mass is 35.5. The summed E-state index contributed by atoms with van der Waals surface area (Å²) in [7, 11) is 0. The van der Waals surface area contributed by atoms with E-state index in [1.54, 1.807) is 18.6 Å². The van der Waals surface area contributed by atoms with Gasteiger partial charge in [0.2, 0.25) is 5.28 Å². The van der Waals surface area contributed by atoms with Crippen molar-refractivity contribution in [3.05, 3.63) is 48.1 Å². The van der Waals surface area contributed by atoms with Crippen molar-refractivity contribution in [2.45, 2.75) is 25.9 Å². The normalized spacial score (nSPS) is 15.9. The number of aromatic nitrogens is 3. The molecule has 26 heavy (non-hydrogen) atoms. The molecule has 2 heterocycles. The number of halogens is 1. The molecule has 1 aliphatic carbocycles. The van der Waals surface area contributed by atoms with E-state index in [2.05, 4.69) is 26.3 Å². The first-order chi connectivity index (χ1) is 12.6. The SMILES string of the molecule is CC(Oc1ccc2c(Nc3cnc(Cl)nc3)nccc2c1)C1(C#N)CC1. The molecule has 7 heteroatoms. The van der Waals surface area contributed by atoms with Crippen molar-refractivity contribution in [2.24, 2.45) is 5.41 Å². The number of nitrogens with one attached hydrogen (secondary N) is 1. The molecule has 0 bridgehead atoms. The highest BCUT2D eigenvalue weighted by Gasteiger charge is 2.49. The Kier molecular flexibility index (Phi) is 4.09. The molecule has 1 fully saturated rings. The molecule has 1 atom stereocenters. The lowest BCUT2D eigenvalue weighted by Crippen LogP contribution is -2.23. The zero-order valence-corrected chi connectivity index (χ0v) is 14.9. The van der Waals surface area contributed by atoms with Crippen molar-refractivity contribution >= 4 is 33.9 Å². The van der Waals surface area contributed by atoms with Gasteiger partial charge in [-0.15, -0.1) is 0 Å². The molecule has 4 rings (SSSR count). The Morgan fingerprint density at radius 1 is 1.23 bits per heavy atom. The Morgan fingerprint density at radius 2 is 2.00 bits per heavy atom. The molecule has 0 radical (unpaired) electrons. The van der Waals surface area contributed by atoms with Crippen molar-refractivity contribution in [1.82, 2.24) is 15.0 Å². The molecule has 0 saturated heterocycles. The minimum Gasteiger partial charge on any atom is -0.489 e. The molecule has 0 amide bonds. The van der Waals surface area contributed by atoms with Gasteiger partial charge in [0.1, 0.15) is 17.7 Å². The van der Waals surface area contributed by atoms with Crippen LogP contribution < -0.4 is 10.1 Å². The molecule has 1 saturated carbocycles. The number of nitrogens with zero attached hydrogens (tertiary/aromatic N) is 4. The molecular formula is C19H16ClN5O. The number of pyridine rings is 1. The van der Waals surface area contributed by atoms with Gasteiger partial charge in [-0.05, 0) is 61.0 Å². The van der Waals surface area contributed by atoms with Crippen molar-refractivity contribution in [2.75, 3.05) is 5.32 Å². The number of anilines is 2. The molecule has 2 aromatic heterocycles. The van der Waals surface area contributed by atoms with E-state index in [9.17, 15) is 5.26 Å². The second kappa shape index (κ2) is 6.43. The van der Waals surface area contributed by atoms with E-state index in [4.69, 9.17) is 16.3 Å². The molecular weight excluding hydrogens is 350 g/mol. The van der Waals surface area contributed by atoms with Crippen LogP contribution in [0.5, 0.6) is 5.75 Å². The van der Waals surface area contributed by atoms with Crippen LogP contribution in [0.4, 0.5) is 11.5 Å². The van der Waals surface area contributed by atoms with Gasteiger partial charge >= 0.3 is 0 Å². The summed E-state index contributed by atoms with van der Waals surface area (Å²) in [5, 5.41) is 14.6. The third-order valence-corrected chi connectivity index (χ3v) is 4.92. The summed E-state index contributed by atoms with van der Waals surface area (Å²) in [6.07, 6.45) is 6.61. The van der Waals surface area contributed by atoms with Crippen molar-refractivity contribution in [1.29, 1.82) is 5.26 Å². The van der Waals surface area contributed by atoms with E-state index >= 15 is 0 Å². The average Bonchev–Trinajstić information content (AvgIpc) is 3.45. The van der Waals surface area contributed by atoms with Crippen LogP contribution in [0.25, 0.3) is 10.8 Å².